The number of nitrogens with zero attached hydrogens (tertiary/aromatic N) is 2. The molecule has 1 heterocycles. The van der Waals surface area contributed by atoms with E-state index in [-0.39, 0.29) is 5.41 Å². The van der Waals surface area contributed by atoms with Crippen molar-refractivity contribution in [1.82, 2.24) is 0 Å². The molecule has 0 radical (unpaired) electrons. The highest BCUT2D eigenvalue weighted by atomic mass is 28.3. The number of anilines is 6. The van der Waals surface area contributed by atoms with Crippen molar-refractivity contribution in [3.05, 3.63) is 193 Å². The molecule has 7 aromatic carbocycles. The second kappa shape index (κ2) is 13.2. The van der Waals surface area contributed by atoms with Crippen molar-refractivity contribution in [1.29, 1.82) is 0 Å². The summed E-state index contributed by atoms with van der Waals surface area (Å²) in [6, 6.07) is 67.3. The normalized spacial score (nSPS) is 15.1. The first-order valence-electron chi connectivity index (χ1n) is 18.7. The number of hydrogen-bond acceptors (Lipinski definition) is 2. The van der Waals surface area contributed by atoms with Crippen LogP contribution in [0.5, 0.6) is 0 Å². The molecule has 0 saturated heterocycles. The molecule has 1 aliphatic carbocycles. The lowest BCUT2D eigenvalue weighted by Gasteiger charge is -2.33. The summed E-state index contributed by atoms with van der Waals surface area (Å²) in [6.07, 6.45) is 4.82. The van der Waals surface area contributed by atoms with Crippen molar-refractivity contribution in [2.45, 2.75) is 44.2 Å². The lowest BCUT2D eigenvalue weighted by molar-refractivity contribution is 0.535. The van der Waals surface area contributed by atoms with Gasteiger partial charge in [0.2, 0.25) is 0 Å². The topological polar surface area (TPSA) is 6.48 Å². The fourth-order valence-electron chi connectivity index (χ4n) is 9.05. The van der Waals surface area contributed by atoms with Crippen molar-refractivity contribution in [3.63, 3.8) is 0 Å². The Morgan fingerprint density at radius 1 is 0.385 bits per heavy atom. The van der Waals surface area contributed by atoms with Crippen LogP contribution in [0.3, 0.4) is 0 Å². The molecule has 1 aliphatic heterocycles. The third kappa shape index (κ3) is 5.48. The molecule has 3 heteroatoms. The lowest BCUT2D eigenvalue weighted by Crippen LogP contribution is -2.49. The lowest BCUT2D eigenvalue weighted by atomic mass is 9.73. The number of fused-ring (bicyclic) bond motifs is 3. The maximum absolute atomic E-state index is 2.49. The Morgan fingerprint density at radius 2 is 0.769 bits per heavy atom. The smallest absolute Gasteiger partial charge is 0.113 e. The highest BCUT2D eigenvalue weighted by Gasteiger charge is 2.39. The van der Waals surface area contributed by atoms with Crippen LogP contribution in [0, 0.1) is 0 Å². The van der Waals surface area contributed by atoms with E-state index in [9.17, 15) is 0 Å². The van der Waals surface area contributed by atoms with Crippen molar-refractivity contribution in [2.75, 3.05) is 9.80 Å². The second-order valence-electron chi connectivity index (χ2n) is 15.0. The van der Waals surface area contributed by atoms with Crippen molar-refractivity contribution in [2.24, 2.45) is 0 Å². The zero-order valence-electron chi connectivity index (χ0n) is 30.0. The van der Waals surface area contributed by atoms with E-state index in [0.29, 0.717) is 0 Å². The summed E-state index contributed by atoms with van der Waals surface area (Å²) in [5.74, 6) is 0. The summed E-state index contributed by atoms with van der Waals surface area (Å²) in [6.45, 7) is 4.97. The van der Waals surface area contributed by atoms with E-state index in [1.165, 1.54) is 75.9 Å². The number of para-hydroxylation sites is 3. The molecule has 52 heavy (non-hydrogen) atoms. The van der Waals surface area contributed by atoms with E-state index in [1.807, 2.05) is 0 Å². The van der Waals surface area contributed by atoms with Gasteiger partial charge in [-0.25, -0.2) is 0 Å². The van der Waals surface area contributed by atoms with Gasteiger partial charge < -0.3 is 9.80 Å². The molecule has 9 rings (SSSR count). The van der Waals surface area contributed by atoms with Gasteiger partial charge in [-0.15, -0.1) is 0 Å². The fourth-order valence-corrected chi connectivity index (χ4v) is 12.1. The maximum Gasteiger partial charge on any atom is 0.113 e. The van der Waals surface area contributed by atoms with Crippen molar-refractivity contribution >= 4 is 52.6 Å². The van der Waals surface area contributed by atoms with Crippen LogP contribution in [0.1, 0.15) is 36.8 Å². The molecule has 1 fully saturated rings. The van der Waals surface area contributed by atoms with Crippen LogP contribution >= 0.6 is 0 Å². The van der Waals surface area contributed by atoms with Crippen LogP contribution in [0.2, 0.25) is 13.1 Å². The molecule has 0 spiro atoms. The quantitative estimate of drug-likeness (QED) is 0.147. The number of benzene rings is 7. The summed E-state index contributed by atoms with van der Waals surface area (Å²) < 4.78 is 0. The summed E-state index contributed by atoms with van der Waals surface area (Å²) in [4.78, 5) is 4.77. The SMILES string of the molecule is C[Si]1(C)c2ccccc2-c2cc(N(c3ccccc3)c3ccc(C4(c5ccc(N(c6ccccc6)c6ccccc6)cc5)CCCC4)cc3)ccc21. The first kappa shape index (κ1) is 32.3. The van der Waals surface area contributed by atoms with Gasteiger partial charge in [0.05, 0.1) is 0 Å². The summed E-state index contributed by atoms with van der Waals surface area (Å²) in [5.41, 5.74) is 12.7. The molecule has 2 nitrogen and oxygen atoms in total. The van der Waals surface area contributed by atoms with Gasteiger partial charge >= 0.3 is 0 Å². The molecule has 2 aliphatic rings. The molecule has 0 atom stereocenters. The van der Waals surface area contributed by atoms with Crippen LogP contribution in [-0.4, -0.2) is 8.07 Å². The highest BCUT2D eigenvalue weighted by Crippen LogP contribution is 2.48. The number of rotatable bonds is 8. The third-order valence-corrected chi connectivity index (χ3v) is 15.2. The third-order valence-electron chi connectivity index (χ3n) is 11.7. The minimum Gasteiger partial charge on any atom is -0.311 e. The molecular weight excluding hydrogens is 645 g/mol. The monoisotopic (exact) mass is 688 g/mol. The Balaban J connectivity index is 1.08. The second-order valence-corrected chi connectivity index (χ2v) is 19.3. The summed E-state index contributed by atoms with van der Waals surface area (Å²) in [7, 11) is -1.73. The molecule has 0 N–H and O–H groups in total. The maximum atomic E-state index is 2.49. The van der Waals surface area contributed by atoms with E-state index in [0.717, 1.165) is 11.4 Å². The van der Waals surface area contributed by atoms with Gasteiger partial charge in [-0.05, 0) is 118 Å². The van der Waals surface area contributed by atoms with E-state index in [2.05, 4.69) is 205 Å². The van der Waals surface area contributed by atoms with Gasteiger partial charge in [0.1, 0.15) is 8.07 Å². The Kier molecular flexibility index (Phi) is 8.17. The zero-order chi connectivity index (χ0) is 35.1. The van der Waals surface area contributed by atoms with Crippen molar-refractivity contribution < 1.29 is 0 Å². The molecule has 0 unspecified atom stereocenters. The minimum atomic E-state index is -1.73. The van der Waals surface area contributed by atoms with E-state index in [4.69, 9.17) is 0 Å². The molecule has 0 amide bonds. The Morgan fingerprint density at radius 3 is 1.27 bits per heavy atom. The Hall–Kier alpha value is -5.64. The molecule has 1 saturated carbocycles. The highest BCUT2D eigenvalue weighted by molar-refractivity contribution is 7.03. The predicted molar refractivity (Wildman–Crippen MR) is 224 cm³/mol. The standard InChI is InChI=1S/C49H44N2Si/c1-52(2)47-23-13-12-22-45(47)46-36-44(32-33-48(46)52)51(41-20-10-5-11-21-41)43-30-26-38(27-31-43)49(34-14-15-35-49)37-24-28-42(29-25-37)50(39-16-6-3-7-17-39)40-18-8-4-9-19-40/h3-13,16-33,36H,14-15,34-35H2,1-2H3. The van der Waals surface area contributed by atoms with E-state index in [1.54, 1.807) is 5.19 Å². The van der Waals surface area contributed by atoms with Crippen molar-refractivity contribution in [3.8, 4) is 11.1 Å². The zero-order valence-corrected chi connectivity index (χ0v) is 31.0. The fraction of sp³-hybridized carbons (Fsp3) is 0.143. The summed E-state index contributed by atoms with van der Waals surface area (Å²) >= 11 is 0. The van der Waals surface area contributed by atoms with Crippen LogP contribution in [0.4, 0.5) is 34.1 Å². The van der Waals surface area contributed by atoms with Gasteiger partial charge in [-0.2, -0.15) is 0 Å². The minimum absolute atomic E-state index is 0.00640. The molecular formula is C49H44N2Si. The predicted octanol–water partition coefficient (Wildman–Crippen LogP) is 12.3. The van der Waals surface area contributed by atoms with Gasteiger partial charge in [0.15, 0.2) is 0 Å². The molecule has 254 valence electrons. The average Bonchev–Trinajstić information content (AvgIpc) is 3.79. The average molecular weight is 689 g/mol. The van der Waals surface area contributed by atoms with Crippen LogP contribution in [0.25, 0.3) is 11.1 Å². The number of hydrogen-bond donors (Lipinski definition) is 0. The Bertz CT molecular complexity index is 2270. The van der Waals surface area contributed by atoms with Gasteiger partial charge in [0.25, 0.3) is 0 Å². The molecule has 0 bridgehead atoms. The van der Waals surface area contributed by atoms with Gasteiger partial charge in [-0.1, -0.05) is 135 Å². The molecule has 0 aromatic heterocycles. The van der Waals surface area contributed by atoms with Crippen LogP contribution < -0.4 is 20.2 Å². The first-order chi connectivity index (χ1) is 25.5. The largest absolute Gasteiger partial charge is 0.311 e. The molecule has 7 aromatic rings. The van der Waals surface area contributed by atoms with Crippen LogP contribution in [-0.2, 0) is 5.41 Å². The van der Waals surface area contributed by atoms with Gasteiger partial charge in [-0.3, -0.25) is 0 Å². The first-order valence-corrected chi connectivity index (χ1v) is 21.7. The summed E-state index contributed by atoms with van der Waals surface area (Å²) in [5, 5.41) is 3.08. The van der Waals surface area contributed by atoms with Gasteiger partial charge in [0, 0.05) is 39.5 Å². The van der Waals surface area contributed by atoms with E-state index < -0.39 is 8.07 Å². The van der Waals surface area contributed by atoms with E-state index >= 15 is 0 Å². The van der Waals surface area contributed by atoms with Crippen LogP contribution in [0.15, 0.2) is 182 Å². The Labute approximate surface area is 309 Å².